The number of methoxy groups -OCH3 is 2. The van der Waals surface area contributed by atoms with Gasteiger partial charge >= 0.3 is 0 Å². The van der Waals surface area contributed by atoms with Crippen molar-refractivity contribution in [2.45, 2.75) is 6.92 Å². The summed E-state index contributed by atoms with van der Waals surface area (Å²) in [7, 11) is 4.41. The number of anilines is 2. The van der Waals surface area contributed by atoms with E-state index in [0.717, 1.165) is 5.56 Å². The smallest absolute Gasteiger partial charge is 0.191 e. The molecule has 0 aliphatic carbocycles. The minimum atomic E-state index is -0.847. The summed E-state index contributed by atoms with van der Waals surface area (Å²) >= 11 is 0. The van der Waals surface area contributed by atoms with Crippen molar-refractivity contribution in [3.8, 4) is 22.8 Å². The van der Waals surface area contributed by atoms with E-state index < -0.39 is 11.6 Å². The number of nitrogens with zero attached hydrogens (tertiary/aromatic N) is 6. The molecule has 160 valence electrons. The Morgan fingerprint density at radius 1 is 1.03 bits per heavy atom. The quantitative estimate of drug-likeness (QED) is 0.463. The van der Waals surface area contributed by atoms with E-state index in [1.807, 2.05) is 6.20 Å². The van der Waals surface area contributed by atoms with Gasteiger partial charge < -0.3 is 14.4 Å². The third-order valence-electron chi connectivity index (χ3n) is 4.81. The summed E-state index contributed by atoms with van der Waals surface area (Å²) in [6, 6.07) is 4.50. The highest BCUT2D eigenvalue weighted by molar-refractivity contribution is 5.77. The largest absolute Gasteiger partial charge is 0.493 e. The van der Waals surface area contributed by atoms with Gasteiger partial charge in [-0.15, -0.1) is 0 Å². The predicted molar refractivity (Wildman–Crippen MR) is 112 cm³/mol. The van der Waals surface area contributed by atoms with Crippen LogP contribution in [0.1, 0.15) is 6.92 Å². The molecule has 0 unspecified atom stereocenters. The summed E-state index contributed by atoms with van der Waals surface area (Å²) in [4.78, 5) is 14.9. The zero-order chi connectivity index (χ0) is 22.1. The highest BCUT2D eigenvalue weighted by atomic mass is 19.1. The van der Waals surface area contributed by atoms with Crippen LogP contribution in [0.15, 0.2) is 36.8 Å². The summed E-state index contributed by atoms with van der Waals surface area (Å²) in [6.07, 6.45) is 5.11. The van der Waals surface area contributed by atoms with E-state index in [0.29, 0.717) is 22.7 Å². The lowest BCUT2D eigenvalue weighted by atomic mass is 10.2. The lowest BCUT2D eigenvalue weighted by Gasteiger charge is -2.24. The standard InChI is InChI=1S/C21H20F2N6O2/c1-5-29(20-18(22)15(30-3)8-16(31-4)19(20)23)17-7-6-13-21(27-17)26-14(10-24-13)12-9-25-28(2)11-12/h6-11H,5H2,1-4H3. The molecule has 31 heavy (non-hydrogen) atoms. The molecule has 0 saturated carbocycles. The van der Waals surface area contributed by atoms with Crippen LogP contribution in [0.4, 0.5) is 20.3 Å². The molecule has 0 amide bonds. The summed E-state index contributed by atoms with van der Waals surface area (Å²) in [5.41, 5.74) is 1.95. The molecule has 0 aliphatic rings. The summed E-state index contributed by atoms with van der Waals surface area (Å²) in [6.45, 7) is 1.99. The maximum absolute atomic E-state index is 15.0. The first-order valence-electron chi connectivity index (χ1n) is 9.47. The van der Waals surface area contributed by atoms with Crippen LogP contribution < -0.4 is 14.4 Å². The van der Waals surface area contributed by atoms with Gasteiger partial charge in [-0.2, -0.15) is 5.10 Å². The summed E-state index contributed by atoms with van der Waals surface area (Å²) in [5, 5.41) is 4.14. The molecular formula is C21H20F2N6O2. The zero-order valence-electron chi connectivity index (χ0n) is 17.4. The van der Waals surface area contributed by atoms with Crippen molar-refractivity contribution in [3.63, 3.8) is 0 Å². The van der Waals surface area contributed by atoms with Gasteiger partial charge in [-0.1, -0.05) is 0 Å². The molecule has 0 radical (unpaired) electrons. The van der Waals surface area contributed by atoms with Gasteiger partial charge in [0.05, 0.1) is 32.3 Å². The maximum Gasteiger partial charge on any atom is 0.191 e. The van der Waals surface area contributed by atoms with Crippen LogP contribution in [0, 0.1) is 11.6 Å². The number of hydrogen-bond acceptors (Lipinski definition) is 7. The van der Waals surface area contributed by atoms with Gasteiger partial charge in [-0.05, 0) is 19.1 Å². The molecule has 0 fully saturated rings. The van der Waals surface area contributed by atoms with Crippen molar-refractivity contribution in [1.29, 1.82) is 0 Å². The first kappa shape index (κ1) is 20.5. The minimum absolute atomic E-state index is 0.133. The molecule has 3 heterocycles. The first-order chi connectivity index (χ1) is 15.0. The summed E-state index contributed by atoms with van der Waals surface area (Å²) < 4.78 is 41.9. The Morgan fingerprint density at radius 3 is 2.32 bits per heavy atom. The Bertz CT molecular complexity index is 1230. The molecule has 1 aromatic carbocycles. The van der Waals surface area contributed by atoms with Crippen LogP contribution in [0.3, 0.4) is 0 Å². The molecule has 4 rings (SSSR count). The lowest BCUT2D eigenvalue weighted by Crippen LogP contribution is -2.21. The minimum Gasteiger partial charge on any atom is -0.493 e. The van der Waals surface area contributed by atoms with Gasteiger partial charge in [-0.25, -0.2) is 18.7 Å². The number of benzene rings is 1. The van der Waals surface area contributed by atoms with Crippen molar-refractivity contribution >= 4 is 22.7 Å². The van der Waals surface area contributed by atoms with E-state index in [2.05, 4.69) is 20.1 Å². The van der Waals surface area contributed by atoms with E-state index in [1.165, 1.54) is 25.2 Å². The van der Waals surface area contributed by atoms with E-state index in [9.17, 15) is 0 Å². The van der Waals surface area contributed by atoms with E-state index in [-0.39, 0.29) is 23.7 Å². The average molecular weight is 426 g/mol. The third-order valence-corrected chi connectivity index (χ3v) is 4.81. The van der Waals surface area contributed by atoms with E-state index >= 15 is 8.78 Å². The van der Waals surface area contributed by atoms with Crippen LogP contribution in [0.25, 0.3) is 22.4 Å². The first-order valence-corrected chi connectivity index (χ1v) is 9.47. The molecule has 8 nitrogen and oxygen atoms in total. The molecule has 0 atom stereocenters. The van der Waals surface area contributed by atoms with Crippen molar-refractivity contribution in [2.24, 2.45) is 7.05 Å². The number of halogens is 2. The number of ether oxygens (including phenoxy) is 2. The molecule has 0 spiro atoms. The molecule has 0 N–H and O–H groups in total. The van der Waals surface area contributed by atoms with Gasteiger partial charge in [0.25, 0.3) is 0 Å². The summed E-state index contributed by atoms with van der Waals surface area (Å²) in [5.74, 6) is -1.66. The van der Waals surface area contributed by atoms with Crippen molar-refractivity contribution in [3.05, 3.63) is 48.4 Å². The molecule has 0 saturated heterocycles. The highest BCUT2D eigenvalue weighted by Gasteiger charge is 2.26. The Labute approximate surface area is 177 Å². The average Bonchev–Trinajstić information content (AvgIpc) is 3.22. The van der Waals surface area contributed by atoms with Crippen LogP contribution in [-0.4, -0.2) is 45.5 Å². The fraction of sp³-hybridized carbons (Fsp3) is 0.238. The van der Waals surface area contributed by atoms with Gasteiger partial charge in [0.15, 0.2) is 28.8 Å². The third kappa shape index (κ3) is 3.60. The van der Waals surface area contributed by atoms with Gasteiger partial charge in [0.2, 0.25) is 0 Å². The number of pyridine rings is 1. The second-order valence-electron chi connectivity index (χ2n) is 6.67. The number of aromatic nitrogens is 5. The van der Waals surface area contributed by atoms with Crippen molar-refractivity contribution < 1.29 is 18.3 Å². The fourth-order valence-electron chi connectivity index (χ4n) is 3.27. The fourth-order valence-corrected chi connectivity index (χ4v) is 3.27. The molecular weight excluding hydrogens is 406 g/mol. The second kappa shape index (κ2) is 8.13. The van der Waals surface area contributed by atoms with E-state index in [4.69, 9.17) is 9.47 Å². The van der Waals surface area contributed by atoms with Crippen LogP contribution >= 0.6 is 0 Å². The zero-order valence-corrected chi connectivity index (χ0v) is 17.4. The molecule has 4 aromatic rings. The Hall–Kier alpha value is -3.82. The maximum atomic E-state index is 15.0. The number of rotatable bonds is 6. The van der Waals surface area contributed by atoms with Crippen LogP contribution in [0.5, 0.6) is 11.5 Å². The normalized spacial score (nSPS) is 11.0. The Morgan fingerprint density at radius 2 is 1.74 bits per heavy atom. The molecule has 0 aliphatic heterocycles. The second-order valence-corrected chi connectivity index (χ2v) is 6.67. The lowest BCUT2D eigenvalue weighted by molar-refractivity contribution is 0.359. The molecule has 10 heteroatoms. The predicted octanol–water partition coefficient (Wildman–Crippen LogP) is 3.88. The number of fused-ring (bicyclic) bond motifs is 1. The van der Waals surface area contributed by atoms with Gasteiger partial charge in [-0.3, -0.25) is 9.67 Å². The Kier molecular flexibility index (Phi) is 5.37. The van der Waals surface area contributed by atoms with Gasteiger partial charge in [0.1, 0.15) is 17.0 Å². The van der Waals surface area contributed by atoms with Gasteiger partial charge in [0, 0.05) is 31.4 Å². The topological polar surface area (TPSA) is 78.2 Å². The SMILES string of the molecule is CCN(c1ccc2ncc(-c3cnn(C)c3)nc2n1)c1c(F)c(OC)cc(OC)c1F. The highest BCUT2D eigenvalue weighted by Crippen LogP contribution is 2.39. The monoisotopic (exact) mass is 426 g/mol. The van der Waals surface area contributed by atoms with Crippen molar-refractivity contribution in [2.75, 3.05) is 25.7 Å². The Balaban J connectivity index is 1.85. The van der Waals surface area contributed by atoms with Crippen LogP contribution in [-0.2, 0) is 7.05 Å². The number of hydrogen-bond donors (Lipinski definition) is 0. The van der Waals surface area contributed by atoms with Crippen LogP contribution in [0.2, 0.25) is 0 Å². The number of aryl methyl sites for hydroxylation is 1. The molecule has 3 aromatic heterocycles. The molecule has 0 bridgehead atoms. The van der Waals surface area contributed by atoms with Crippen molar-refractivity contribution in [1.82, 2.24) is 24.7 Å². The van der Waals surface area contributed by atoms with E-state index in [1.54, 1.807) is 43.2 Å².